The van der Waals surface area contributed by atoms with Crippen LogP contribution in [0.4, 0.5) is 0 Å². The van der Waals surface area contributed by atoms with E-state index in [9.17, 15) is 0 Å². The predicted molar refractivity (Wildman–Crippen MR) is 244 cm³/mol. The van der Waals surface area contributed by atoms with Crippen LogP contribution in [0.15, 0.2) is 206 Å². The van der Waals surface area contributed by atoms with E-state index in [2.05, 4.69) is 220 Å². The predicted octanol–water partition coefficient (Wildman–Crippen LogP) is 15.8. The Morgan fingerprint density at radius 2 is 0.649 bits per heavy atom. The molecule has 0 radical (unpaired) electrons. The van der Waals surface area contributed by atoms with E-state index in [4.69, 9.17) is 0 Å². The summed E-state index contributed by atoms with van der Waals surface area (Å²) in [6.07, 6.45) is 0. The number of hydrogen-bond acceptors (Lipinski definition) is 0. The highest BCUT2D eigenvalue weighted by Crippen LogP contribution is 2.53. The fourth-order valence-electron chi connectivity index (χ4n) is 9.72. The van der Waals surface area contributed by atoms with E-state index in [1.807, 2.05) is 0 Å². The largest absolute Gasteiger partial charge is 0.0622 e. The van der Waals surface area contributed by atoms with Crippen molar-refractivity contribution in [2.24, 2.45) is 0 Å². The third kappa shape index (κ3) is 5.29. The Balaban J connectivity index is 1.10. The average molecular weight is 725 g/mol. The van der Waals surface area contributed by atoms with Gasteiger partial charge in [0.25, 0.3) is 0 Å². The molecule has 0 nitrogen and oxygen atoms in total. The fraction of sp³-hybridized carbons (Fsp3) is 0.0526. The van der Waals surface area contributed by atoms with E-state index in [1.54, 1.807) is 0 Å². The van der Waals surface area contributed by atoms with Gasteiger partial charge in [0.1, 0.15) is 0 Å². The second kappa shape index (κ2) is 13.0. The molecule has 0 fully saturated rings. The minimum absolute atomic E-state index is 0.0767. The van der Waals surface area contributed by atoms with Crippen LogP contribution in [-0.2, 0) is 5.41 Å². The molecule has 0 unspecified atom stereocenters. The standard InChI is InChI=1S/C57H40/c1-57(2)52-28-16-15-27-50(52)56-45-22-10-9-21-44(45)51(36-53(56)57)39-29-31-40(32-30-39)54-46-23-11-13-25-48(46)55(49-26-14-12-24-47(49)54)43-34-41(37-17-5-3-6-18-37)33-42(35-43)38-19-7-4-8-20-38/h3-36H,1-2H3. The van der Waals surface area contributed by atoms with Gasteiger partial charge < -0.3 is 0 Å². The summed E-state index contributed by atoms with van der Waals surface area (Å²) in [5.74, 6) is 0. The summed E-state index contributed by atoms with van der Waals surface area (Å²) in [6, 6.07) is 76.3. The van der Waals surface area contributed by atoms with Crippen molar-refractivity contribution < 1.29 is 0 Å². The third-order valence-electron chi connectivity index (χ3n) is 12.4. The van der Waals surface area contributed by atoms with E-state index in [0.29, 0.717) is 0 Å². The summed E-state index contributed by atoms with van der Waals surface area (Å²) in [5.41, 5.74) is 17.8. The van der Waals surface area contributed by atoms with E-state index in [-0.39, 0.29) is 5.41 Å². The highest BCUT2D eigenvalue weighted by molar-refractivity contribution is 6.22. The van der Waals surface area contributed by atoms with Crippen LogP contribution in [0, 0.1) is 0 Å². The van der Waals surface area contributed by atoms with Crippen LogP contribution in [0.25, 0.3) is 99.1 Å². The molecule has 0 aliphatic heterocycles. The molecular weight excluding hydrogens is 685 g/mol. The van der Waals surface area contributed by atoms with Gasteiger partial charge in [-0.05, 0) is 134 Å². The Morgan fingerprint density at radius 3 is 1.19 bits per heavy atom. The Hall–Kier alpha value is -7.02. The summed E-state index contributed by atoms with van der Waals surface area (Å²) in [5, 5.41) is 7.65. The Labute approximate surface area is 334 Å². The van der Waals surface area contributed by atoms with Crippen molar-refractivity contribution in [1.29, 1.82) is 0 Å². The topological polar surface area (TPSA) is 0 Å². The molecule has 0 saturated heterocycles. The third-order valence-corrected chi connectivity index (χ3v) is 12.4. The first kappa shape index (κ1) is 33.3. The maximum atomic E-state index is 2.47. The van der Waals surface area contributed by atoms with Gasteiger partial charge in [-0.25, -0.2) is 0 Å². The van der Waals surface area contributed by atoms with Crippen LogP contribution in [0.3, 0.4) is 0 Å². The molecule has 0 amide bonds. The van der Waals surface area contributed by atoms with Gasteiger partial charge in [-0.1, -0.05) is 196 Å². The van der Waals surface area contributed by atoms with Crippen molar-refractivity contribution in [3.63, 3.8) is 0 Å². The quantitative estimate of drug-likeness (QED) is 0.155. The highest BCUT2D eigenvalue weighted by atomic mass is 14.4. The van der Waals surface area contributed by atoms with E-state index in [0.717, 1.165) is 0 Å². The molecule has 0 bridgehead atoms. The van der Waals surface area contributed by atoms with Gasteiger partial charge in [0.15, 0.2) is 0 Å². The second-order valence-corrected chi connectivity index (χ2v) is 16.0. The molecule has 1 aliphatic rings. The molecule has 11 rings (SSSR count). The maximum absolute atomic E-state index is 2.47. The summed E-state index contributed by atoms with van der Waals surface area (Å²) in [7, 11) is 0. The van der Waals surface area contributed by atoms with Gasteiger partial charge in [0, 0.05) is 5.41 Å². The van der Waals surface area contributed by atoms with Crippen LogP contribution >= 0.6 is 0 Å². The molecule has 0 spiro atoms. The lowest BCUT2D eigenvalue weighted by Gasteiger charge is -2.23. The fourth-order valence-corrected chi connectivity index (χ4v) is 9.72. The van der Waals surface area contributed by atoms with Crippen LogP contribution in [0.5, 0.6) is 0 Å². The zero-order valence-electron chi connectivity index (χ0n) is 32.1. The second-order valence-electron chi connectivity index (χ2n) is 16.0. The lowest BCUT2D eigenvalue weighted by molar-refractivity contribution is 0.661. The van der Waals surface area contributed by atoms with Crippen molar-refractivity contribution in [3.05, 3.63) is 217 Å². The first-order valence-electron chi connectivity index (χ1n) is 20.0. The van der Waals surface area contributed by atoms with Crippen molar-refractivity contribution in [1.82, 2.24) is 0 Å². The molecule has 0 heterocycles. The van der Waals surface area contributed by atoms with Crippen LogP contribution in [0.1, 0.15) is 25.0 Å². The Morgan fingerprint density at radius 1 is 0.246 bits per heavy atom. The molecule has 0 N–H and O–H groups in total. The van der Waals surface area contributed by atoms with Crippen LogP contribution in [-0.4, -0.2) is 0 Å². The number of hydrogen-bond donors (Lipinski definition) is 0. The normalized spacial score (nSPS) is 12.9. The van der Waals surface area contributed by atoms with Crippen molar-refractivity contribution in [3.8, 4) is 66.8 Å². The van der Waals surface area contributed by atoms with Crippen LogP contribution in [0.2, 0.25) is 0 Å². The van der Waals surface area contributed by atoms with Crippen molar-refractivity contribution in [2.75, 3.05) is 0 Å². The van der Waals surface area contributed by atoms with Gasteiger partial charge >= 0.3 is 0 Å². The van der Waals surface area contributed by atoms with Crippen molar-refractivity contribution in [2.45, 2.75) is 19.3 Å². The summed E-state index contributed by atoms with van der Waals surface area (Å²) < 4.78 is 0. The van der Waals surface area contributed by atoms with E-state index < -0.39 is 0 Å². The van der Waals surface area contributed by atoms with Gasteiger partial charge in [-0.2, -0.15) is 0 Å². The first-order valence-corrected chi connectivity index (χ1v) is 20.0. The first-order chi connectivity index (χ1) is 28.0. The Kier molecular flexibility index (Phi) is 7.63. The highest BCUT2D eigenvalue weighted by Gasteiger charge is 2.37. The summed E-state index contributed by atoms with van der Waals surface area (Å²) in [4.78, 5) is 0. The van der Waals surface area contributed by atoms with Gasteiger partial charge in [-0.3, -0.25) is 0 Å². The number of rotatable bonds is 5. The van der Waals surface area contributed by atoms with Crippen molar-refractivity contribution >= 4 is 32.3 Å². The minimum Gasteiger partial charge on any atom is -0.0622 e. The Bertz CT molecular complexity index is 3050. The summed E-state index contributed by atoms with van der Waals surface area (Å²) in [6.45, 7) is 4.75. The summed E-state index contributed by atoms with van der Waals surface area (Å²) >= 11 is 0. The monoisotopic (exact) mass is 724 g/mol. The molecule has 0 saturated carbocycles. The number of fused-ring (bicyclic) bond motifs is 7. The maximum Gasteiger partial charge on any atom is 0.0159 e. The molecule has 57 heavy (non-hydrogen) atoms. The lowest BCUT2D eigenvalue weighted by Crippen LogP contribution is -2.15. The van der Waals surface area contributed by atoms with Crippen LogP contribution < -0.4 is 0 Å². The molecular formula is C57H40. The smallest absolute Gasteiger partial charge is 0.0159 e. The zero-order valence-corrected chi connectivity index (χ0v) is 32.1. The van der Waals surface area contributed by atoms with E-state index >= 15 is 0 Å². The number of benzene rings is 10. The molecule has 0 aromatic heterocycles. The lowest BCUT2D eigenvalue weighted by atomic mass is 9.80. The molecule has 10 aromatic carbocycles. The van der Waals surface area contributed by atoms with Gasteiger partial charge in [0.2, 0.25) is 0 Å². The molecule has 0 atom stereocenters. The minimum atomic E-state index is -0.0767. The van der Waals surface area contributed by atoms with Gasteiger partial charge in [0.05, 0.1) is 0 Å². The SMILES string of the molecule is CC1(C)c2ccccc2-c2c1cc(-c1ccc(-c3c4ccccc4c(-c4cc(-c5ccccc5)cc(-c5ccccc5)c4)c4ccccc34)cc1)c1ccccc21. The molecule has 1 aliphatic carbocycles. The molecule has 10 aromatic rings. The molecule has 0 heteroatoms. The molecule has 268 valence electrons. The van der Waals surface area contributed by atoms with Gasteiger partial charge in [-0.15, -0.1) is 0 Å². The van der Waals surface area contributed by atoms with E-state index in [1.165, 1.54) is 110 Å². The zero-order chi connectivity index (χ0) is 38.1. The average Bonchev–Trinajstić information content (AvgIpc) is 3.51.